The van der Waals surface area contributed by atoms with Crippen molar-refractivity contribution in [3.8, 4) is 0 Å². The van der Waals surface area contributed by atoms with E-state index in [1.807, 2.05) is 38.4 Å². The third-order valence-corrected chi connectivity index (χ3v) is 4.03. The number of aliphatic hydroxyl groups excluding tert-OH is 1. The summed E-state index contributed by atoms with van der Waals surface area (Å²) in [5, 5.41) is 10.5. The second-order valence-electron chi connectivity index (χ2n) is 6.08. The number of hydrogen-bond acceptors (Lipinski definition) is 2. The first-order chi connectivity index (χ1) is 9.88. The van der Waals surface area contributed by atoms with Crippen LogP contribution in [-0.2, 0) is 6.42 Å². The number of nitrogens with zero attached hydrogens (tertiary/aromatic N) is 1. The Morgan fingerprint density at radius 2 is 1.48 bits per heavy atom. The minimum absolute atomic E-state index is 0.457. The lowest BCUT2D eigenvalue weighted by Crippen LogP contribution is -2.09. The zero-order chi connectivity index (χ0) is 15.6. The van der Waals surface area contributed by atoms with E-state index in [0.29, 0.717) is 6.42 Å². The maximum absolute atomic E-state index is 10.5. The van der Waals surface area contributed by atoms with Crippen LogP contribution in [0.15, 0.2) is 36.4 Å². The molecular weight excluding hydrogens is 258 g/mol. The van der Waals surface area contributed by atoms with Crippen molar-refractivity contribution in [3.63, 3.8) is 0 Å². The summed E-state index contributed by atoms with van der Waals surface area (Å²) >= 11 is 0. The van der Waals surface area contributed by atoms with Crippen molar-refractivity contribution >= 4 is 5.69 Å². The summed E-state index contributed by atoms with van der Waals surface area (Å²) in [7, 11) is 4.04. The van der Waals surface area contributed by atoms with Gasteiger partial charge in [-0.15, -0.1) is 0 Å². The highest BCUT2D eigenvalue weighted by atomic mass is 16.3. The summed E-state index contributed by atoms with van der Waals surface area (Å²) in [6, 6.07) is 12.5. The van der Waals surface area contributed by atoms with Crippen molar-refractivity contribution < 1.29 is 5.11 Å². The van der Waals surface area contributed by atoms with Gasteiger partial charge in [-0.25, -0.2) is 0 Å². The Hall–Kier alpha value is -1.80. The van der Waals surface area contributed by atoms with Gasteiger partial charge in [0.15, 0.2) is 0 Å². The second-order valence-corrected chi connectivity index (χ2v) is 6.08. The predicted molar refractivity (Wildman–Crippen MR) is 90.1 cm³/mol. The molecular formula is C19H25NO. The molecule has 1 atom stereocenters. The van der Waals surface area contributed by atoms with Gasteiger partial charge < -0.3 is 10.0 Å². The number of rotatable bonds is 4. The largest absolute Gasteiger partial charge is 0.388 e. The summed E-state index contributed by atoms with van der Waals surface area (Å²) in [5.41, 5.74) is 7.17. The highest BCUT2D eigenvalue weighted by Crippen LogP contribution is 2.25. The molecule has 2 rings (SSSR count). The monoisotopic (exact) mass is 283 g/mol. The van der Waals surface area contributed by atoms with Crippen LogP contribution in [0.1, 0.15) is 33.9 Å². The molecule has 0 heterocycles. The van der Waals surface area contributed by atoms with Crippen LogP contribution in [0.3, 0.4) is 0 Å². The molecule has 0 aliphatic carbocycles. The van der Waals surface area contributed by atoms with Crippen LogP contribution in [0.2, 0.25) is 0 Å². The van der Waals surface area contributed by atoms with E-state index in [-0.39, 0.29) is 0 Å². The van der Waals surface area contributed by atoms with Gasteiger partial charge in [0.1, 0.15) is 0 Å². The Bertz CT molecular complexity index is 591. The van der Waals surface area contributed by atoms with Gasteiger partial charge in [0.05, 0.1) is 6.10 Å². The predicted octanol–water partition coefficient (Wildman–Crippen LogP) is 3.95. The van der Waals surface area contributed by atoms with Gasteiger partial charge in [-0.3, -0.25) is 0 Å². The Kier molecular flexibility index (Phi) is 4.69. The summed E-state index contributed by atoms with van der Waals surface area (Å²) in [6.45, 7) is 6.36. The SMILES string of the molecule is Cc1cc(C)c(CC(O)c2ccc(N(C)C)cc2)c(C)c1. The van der Waals surface area contributed by atoms with E-state index in [0.717, 1.165) is 11.3 Å². The fourth-order valence-corrected chi connectivity index (χ4v) is 2.84. The second kappa shape index (κ2) is 6.31. The van der Waals surface area contributed by atoms with Crippen LogP contribution in [0, 0.1) is 20.8 Å². The van der Waals surface area contributed by atoms with Crippen LogP contribution in [0.4, 0.5) is 5.69 Å². The molecule has 0 bridgehead atoms. The van der Waals surface area contributed by atoms with Crippen molar-refractivity contribution in [2.75, 3.05) is 19.0 Å². The van der Waals surface area contributed by atoms with Crippen LogP contribution in [0.5, 0.6) is 0 Å². The van der Waals surface area contributed by atoms with Crippen molar-refractivity contribution in [1.29, 1.82) is 0 Å². The fourth-order valence-electron chi connectivity index (χ4n) is 2.84. The highest BCUT2D eigenvalue weighted by molar-refractivity contribution is 5.47. The van der Waals surface area contributed by atoms with Crippen LogP contribution in [0.25, 0.3) is 0 Å². The van der Waals surface area contributed by atoms with Gasteiger partial charge in [-0.05, 0) is 55.2 Å². The van der Waals surface area contributed by atoms with Gasteiger partial charge >= 0.3 is 0 Å². The van der Waals surface area contributed by atoms with Crippen molar-refractivity contribution in [3.05, 3.63) is 64.2 Å². The first-order valence-electron chi connectivity index (χ1n) is 7.40. The zero-order valence-electron chi connectivity index (χ0n) is 13.6. The molecule has 1 unspecified atom stereocenters. The van der Waals surface area contributed by atoms with E-state index >= 15 is 0 Å². The smallest absolute Gasteiger partial charge is 0.0830 e. The normalized spacial score (nSPS) is 12.3. The maximum atomic E-state index is 10.5. The molecule has 0 spiro atoms. The van der Waals surface area contributed by atoms with E-state index in [2.05, 4.69) is 37.8 Å². The molecule has 2 nitrogen and oxygen atoms in total. The van der Waals surface area contributed by atoms with E-state index < -0.39 is 6.10 Å². The number of aliphatic hydroxyl groups is 1. The Labute approximate surface area is 128 Å². The molecule has 2 aromatic carbocycles. The summed E-state index contributed by atoms with van der Waals surface area (Å²) in [4.78, 5) is 2.06. The fraction of sp³-hybridized carbons (Fsp3) is 0.368. The molecule has 2 aromatic rings. The molecule has 0 saturated carbocycles. The van der Waals surface area contributed by atoms with E-state index in [4.69, 9.17) is 0 Å². The summed E-state index contributed by atoms with van der Waals surface area (Å²) in [6.07, 6.45) is 0.209. The molecule has 21 heavy (non-hydrogen) atoms. The molecule has 0 aromatic heterocycles. The topological polar surface area (TPSA) is 23.5 Å². The lowest BCUT2D eigenvalue weighted by atomic mass is 9.93. The Morgan fingerprint density at radius 3 is 1.95 bits per heavy atom. The average Bonchev–Trinajstić information content (AvgIpc) is 2.42. The zero-order valence-corrected chi connectivity index (χ0v) is 13.6. The molecule has 0 aliphatic rings. The van der Waals surface area contributed by atoms with E-state index in [9.17, 15) is 5.11 Å². The lowest BCUT2D eigenvalue weighted by Gasteiger charge is -2.17. The third kappa shape index (κ3) is 3.64. The molecule has 0 aliphatic heterocycles. The third-order valence-electron chi connectivity index (χ3n) is 4.03. The standard InChI is InChI=1S/C19H25NO/c1-13-10-14(2)18(15(3)11-13)12-19(21)16-6-8-17(9-7-16)20(4)5/h6-11,19,21H,12H2,1-5H3. The Balaban J connectivity index is 2.20. The summed E-state index contributed by atoms with van der Waals surface area (Å²) < 4.78 is 0. The molecule has 0 amide bonds. The average molecular weight is 283 g/mol. The minimum Gasteiger partial charge on any atom is -0.388 e. The maximum Gasteiger partial charge on any atom is 0.0830 e. The highest BCUT2D eigenvalue weighted by Gasteiger charge is 2.12. The van der Waals surface area contributed by atoms with Crippen molar-refractivity contribution in [2.24, 2.45) is 0 Å². The summed E-state index contributed by atoms with van der Waals surface area (Å²) in [5.74, 6) is 0. The van der Waals surface area contributed by atoms with Gasteiger partial charge in [0, 0.05) is 26.2 Å². The van der Waals surface area contributed by atoms with E-state index in [1.54, 1.807) is 0 Å². The van der Waals surface area contributed by atoms with Crippen molar-refractivity contribution in [2.45, 2.75) is 33.3 Å². The Morgan fingerprint density at radius 1 is 0.952 bits per heavy atom. The number of hydrogen-bond donors (Lipinski definition) is 1. The molecule has 112 valence electrons. The quantitative estimate of drug-likeness (QED) is 0.918. The number of anilines is 1. The van der Waals surface area contributed by atoms with Crippen LogP contribution in [-0.4, -0.2) is 19.2 Å². The lowest BCUT2D eigenvalue weighted by molar-refractivity contribution is 0.178. The van der Waals surface area contributed by atoms with Gasteiger partial charge in [0.25, 0.3) is 0 Å². The van der Waals surface area contributed by atoms with Gasteiger partial charge in [0.2, 0.25) is 0 Å². The van der Waals surface area contributed by atoms with Crippen LogP contribution >= 0.6 is 0 Å². The molecule has 0 fully saturated rings. The number of benzene rings is 2. The van der Waals surface area contributed by atoms with Crippen LogP contribution < -0.4 is 4.90 Å². The van der Waals surface area contributed by atoms with Crippen molar-refractivity contribution in [1.82, 2.24) is 0 Å². The van der Waals surface area contributed by atoms with Gasteiger partial charge in [-0.1, -0.05) is 29.8 Å². The minimum atomic E-state index is -0.457. The number of aryl methyl sites for hydroxylation is 3. The molecule has 0 saturated heterocycles. The molecule has 2 heteroatoms. The molecule has 1 N–H and O–H groups in total. The van der Waals surface area contributed by atoms with Gasteiger partial charge in [-0.2, -0.15) is 0 Å². The first kappa shape index (κ1) is 15.6. The first-order valence-corrected chi connectivity index (χ1v) is 7.40. The molecule has 0 radical (unpaired) electrons. The van der Waals surface area contributed by atoms with E-state index in [1.165, 1.54) is 22.3 Å².